The number of carbonyl (C=O) groups is 1. The zero-order valence-corrected chi connectivity index (χ0v) is 18.8. The Morgan fingerprint density at radius 3 is 2.29 bits per heavy atom. The summed E-state index contributed by atoms with van der Waals surface area (Å²) in [7, 11) is -2.33. The third-order valence-electron chi connectivity index (χ3n) is 4.94. The zero-order valence-electron chi connectivity index (χ0n) is 18.0. The van der Waals surface area contributed by atoms with Gasteiger partial charge in [0, 0.05) is 16.9 Å². The van der Waals surface area contributed by atoms with E-state index in [1.165, 1.54) is 19.2 Å². The highest BCUT2D eigenvalue weighted by molar-refractivity contribution is 7.92. The van der Waals surface area contributed by atoms with Gasteiger partial charge in [-0.3, -0.25) is 9.52 Å². The first-order valence-electron chi connectivity index (χ1n) is 9.89. The number of nitrogens with one attached hydrogen (secondary N) is 2. The molecule has 0 spiro atoms. The number of methoxy groups -OCH3 is 1. The molecule has 2 N–H and O–H groups in total. The molecular formula is C24H26N2O4S. The van der Waals surface area contributed by atoms with Crippen molar-refractivity contribution in [2.24, 2.45) is 0 Å². The van der Waals surface area contributed by atoms with Gasteiger partial charge in [0.25, 0.3) is 15.9 Å². The van der Waals surface area contributed by atoms with Crippen molar-refractivity contribution in [2.75, 3.05) is 17.1 Å². The molecule has 0 radical (unpaired) electrons. The van der Waals surface area contributed by atoms with E-state index >= 15 is 0 Å². The maximum Gasteiger partial charge on any atom is 0.261 e. The van der Waals surface area contributed by atoms with Crippen molar-refractivity contribution in [3.8, 4) is 5.75 Å². The summed E-state index contributed by atoms with van der Waals surface area (Å²) in [5.41, 5.74) is 3.11. The number of aryl methyl sites for hydroxylation is 1. The lowest BCUT2D eigenvalue weighted by Crippen LogP contribution is -2.17. The molecule has 0 bridgehead atoms. The van der Waals surface area contributed by atoms with Crippen LogP contribution in [-0.2, 0) is 10.0 Å². The summed E-state index contributed by atoms with van der Waals surface area (Å²) < 4.78 is 33.4. The van der Waals surface area contributed by atoms with Crippen LogP contribution in [-0.4, -0.2) is 21.4 Å². The van der Waals surface area contributed by atoms with E-state index in [0.29, 0.717) is 28.3 Å². The summed E-state index contributed by atoms with van der Waals surface area (Å²) >= 11 is 0. The summed E-state index contributed by atoms with van der Waals surface area (Å²) in [5.74, 6) is 0.504. The Morgan fingerprint density at radius 2 is 1.65 bits per heavy atom. The maximum atomic E-state index is 13.0. The Morgan fingerprint density at radius 1 is 0.968 bits per heavy atom. The van der Waals surface area contributed by atoms with E-state index in [4.69, 9.17) is 4.74 Å². The van der Waals surface area contributed by atoms with Crippen molar-refractivity contribution in [1.82, 2.24) is 0 Å². The zero-order chi connectivity index (χ0) is 22.6. The van der Waals surface area contributed by atoms with Gasteiger partial charge in [0.05, 0.1) is 12.0 Å². The smallest absolute Gasteiger partial charge is 0.261 e. The summed E-state index contributed by atoms with van der Waals surface area (Å²) in [4.78, 5) is 13.0. The van der Waals surface area contributed by atoms with Gasteiger partial charge in [0.15, 0.2) is 0 Å². The van der Waals surface area contributed by atoms with Gasteiger partial charge in [-0.25, -0.2) is 8.42 Å². The van der Waals surface area contributed by atoms with Crippen molar-refractivity contribution in [2.45, 2.75) is 31.6 Å². The van der Waals surface area contributed by atoms with E-state index in [-0.39, 0.29) is 16.7 Å². The Bertz CT molecular complexity index is 1190. The molecule has 3 aromatic carbocycles. The van der Waals surface area contributed by atoms with Crippen LogP contribution in [0.1, 0.15) is 41.3 Å². The molecule has 162 valence electrons. The fourth-order valence-electron chi connectivity index (χ4n) is 3.19. The number of para-hydroxylation sites is 1. The number of ether oxygens (including phenoxy) is 1. The first-order valence-corrected chi connectivity index (χ1v) is 11.4. The molecule has 7 heteroatoms. The lowest BCUT2D eigenvalue weighted by molar-refractivity contribution is 0.102. The number of rotatable bonds is 7. The van der Waals surface area contributed by atoms with E-state index in [9.17, 15) is 13.2 Å². The topological polar surface area (TPSA) is 84.5 Å². The molecule has 0 unspecified atom stereocenters. The number of hydrogen-bond donors (Lipinski definition) is 2. The number of anilines is 2. The van der Waals surface area contributed by atoms with Crippen molar-refractivity contribution >= 4 is 27.3 Å². The van der Waals surface area contributed by atoms with Crippen LogP contribution >= 0.6 is 0 Å². The predicted molar refractivity (Wildman–Crippen MR) is 123 cm³/mol. The summed E-state index contributed by atoms with van der Waals surface area (Å²) in [6.45, 7) is 5.87. The van der Waals surface area contributed by atoms with Crippen molar-refractivity contribution in [3.63, 3.8) is 0 Å². The SMILES string of the molecule is COc1ccc(NS(=O)(=O)c2ccc(C)c(C(=O)Nc3ccccc3C(C)C)c2)cc1. The molecule has 0 aliphatic heterocycles. The van der Waals surface area contributed by atoms with E-state index in [1.807, 2.05) is 38.1 Å². The van der Waals surface area contributed by atoms with Gasteiger partial charge in [-0.15, -0.1) is 0 Å². The van der Waals surface area contributed by atoms with Crippen LogP contribution in [0.3, 0.4) is 0 Å². The summed E-state index contributed by atoms with van der Waals surface area (Å²) in [6.07, 6.45) is 0. The van der Waals surface area contributed by atoms with Gasteiger partial charge in [0.2, 0.25) is 0 Å². The second-order valence-corrected chi connectivity index (χ2v) is 9.19. The Labute approximate surface area is 183 Å². The third-order valence-corrected chi connectivity index (χ3v) is 6.32. The van der Waals surface area contributed by atoms with Gasteiger partial charge in [-0.05, 0) is 66.4 Å². The van der Waals surface area contributed by atoms with Crippen LogP contribution in [0.5, 0.6) is 5.75 Å². The second-order valence-electron chi connectivity index (χ2n) is 7.51. The van der Waals surface area contributed by atoms with Crippen LogP contribution in [0.4, 0.5) is 11.4 Å². The maximum absolute atomic E-state index is 13.0. The minimum atomic E-state index is -3.87. The quantitative estimate of drug-likeness (QED) is 0.532. The molecule has 0 saturated carbocycles. The van der Waals surface area contributed by atoms with Gasteiger partial charge < -0.3 is 10.1 Å². The molecular weight excluding hydrogens is 412 g/mol. The first-order chi connectivity index (χ1) is 14.7. The van der Waals surface area contributed by atoms with Gasteiger partial charge in [-0.2, -0.15) is 0 Å². The predicted octanol–water partition coefficient (Wildman–Crippen LogP) is 5.18. The molecule has 0 atom stereocenters. The molecule has 3 rings (SSSR count). The molecule has 0 aliphatic rings. The number of carbonyl (C=O) groups excluding carboxylic acids is 1. The molecule has 1 amide bonds. The van der Waals surface area contributed by atoms with Crippen molar-refractivity contribution < 1.29 is 17.9 Å². The monoisotopic (exact) mass is 438 g/mol. The third kappa shape index (κ3) is 5.24. The molecule has 3 aromatic rings. The minimum Gasteiger partial charge on any atom is -0.497 e. The summed E-state index contributed by atoms with van der Waals surface area (Å²) in [6, 6.07) is 18.7. The van der Waals surface area contributed by atoms with E-state index in [0.717, 1.165) is 5.56 Å². The van der Waals surface area contributed by atoms with Crippen molar-refractivity contribution in [1.29, 1.82) is 0 Å². The Balaban J connectivity index is 1.87. The van der Waals surface area contributed by atoms with Gasteiger partial charge >= 0.3 is 0 Å². The average molecular weight is 439 g/mol. The van der Waals surface area contributed by atoms with Crippen LogP contribution in [0.15, 0.2) is 71.6 Å². The molecule has 31 heavy (non-hydrogen) atoms. The van der Waals surface area contributed by atoms with Crippen LogP contribution in [0, 0.1) is 6.92 Å². The first kappa shape index (κ1) is 22.4. The van der Waals surface area contributed by atoms with Gasteiger partial charge in [-0.1, -0.05) is 38.1 Å². The highest BCUT2D eigenvalue weighted by atomic mass is 32.2. The lowest BCUT2D eigenvalue weighted by atomic mass is 10.0. The number of sulfonamides is 1. The molecule has 0 heterocycles. The number of hydrogen-bond acceptors (Lipinski definition) is 4. The minimum absolute atomic E-state index is 0.0104. The second kappa shape index (κ2) is 9.22. The highest BCUT2D eigenvalue weighted by Crippen LogP contribution is 2.26. The van der Waals surface area contributed by atoms with E-state index in [2.05, 4.69) is 10.0 Å². The molecule has 6 nitrogen and oxygen atoms in total. The highest BCUT2D eigenvalue weighted by Gasteiger charge is 2.19. The fraction of sp³-hybridized carbons (Fsp3) is 0.208. The van der Waals surface area contributed by atoms with E-state index in [1.54, 1.807) is 37.3 Å². The van der Waals surface area contributed by atoms with Crippen LogP contribution < -0.4 is 14.8 Å². The molecule has 0 aromatic heterocycles. The van der Waals surface area contributed by atoms with Crippen LogP contribution in [0.2, 0.25) is 0 Å². The van der Waals surface area contributed by atoms with Gasteiger partial charge in [0.1, 0.15) is 5.75 Å². The Kier molecular flexibility index (Phi) is 6.65. The van der Waals surface area contributed by atoms with Crippen molar-refractivity contribution in [3.05, 3.63) is 83.4 Å². The van der Waals surface area contributed by atoms with E-state index < -0.39 is 10.0 Å². The average Bonchev–Trinajstić information content (AvgIpc) is 2.74. The molecule has 0 aliphatic carbocycles. The number of amides is 1. The normalized spacial score (nSPS) is 11.3. The van der Waals surface area contributed by atoms with Crippen LogP contribution in [0.25, 0.3) is 0 Å². The molecule has 0 saturated heterocycles. The largest absolute Gasteiger partial charge is 0.497 e. The summed E-state index contributed by atoms with van der Waals surface area (Å²) in [5, 5.41) is 2.92. The Hall–Kier alpha value is -3.32. The molecule has 0 fully saturated rings. The number of benzene rings is 3. The lowest BCUT2D eigenvalue weighted by Gasteiger charge is -2.15. The fourth-order valence-corrected chi connectivity index (χ4v) is 4.27. The standard InChI is InChI=1S/C24H26N2O4S/c1-16(2)21-7-5-6-8-23(21)25-24(27)22-15-20(14-9-17(22)3)31(28,29)26-18-10-12-19(30-4)13-11-18/h5-16,26H,1-4H3,(H,25,27).